The molecular formula is C15H14N2O4. The lowest BCUT2D eigenvalue weighted by molar-refractivity contribution is -0.385. The first kappa shape index (κ1) is 14.5. The van der Waals surface area contributed by atoms with Gasteiger partial charge in [-0.05, 0) is 25.1 Å². The molecule has 0 aliphatic carbocycles. The molecule has 21 heavy (non-hydrogen) atoms. The first-order chi connectivity index (χ1) is 10.0. The maximum Gasteiger partial charge on any atom is 0.274 e. The highest BCUT2D eigenvalue weighted by Crippen LogP contribution is 2.24. The molecule has 0 atom stereocenters. The molecule has 0 radical (unpaired) electrons. The number of amides is 1. The molecule has 0 saturated heterocycles. The number of rotatable bonds is 4. The van der Waals surface area contributed by atoms with Crippen LogP contribution in [0, 0.1) is 17.0 Å². The molecule has 6 heteroatoms. The number of nitro benzene ring substituents is 1. The average Bonchev–Trinajstić information content (AvgIpc) is 2.48. The molecule has 108 valence electrons. The minimum atomic E-state index is -0.478. The molecule has 0 bridgehead atoms. The number of para-hydroxylation sites is 1. The number of methoxy groups -OCH3 is 1. The van der Waals surface area contributed by atoms with Crippen molar-refractivity contribution in [2.75, 3.05) is 12.4 Å². The largest absolute Gasteiger partial charge is 0.496 e. The second-order valence-electron chi connectivity index (χ2n) is 4.41. The van der Waals surface area contributed by atoms with Crippen molar-refractivity contribution in [1.82, 2.24) is 0 Å². The van der Waals surface area contributed by atoms with Crippen molar-refractivity contribution < 1.29 is 14.5 Å². The minimum absolute atomic E-state index is 0.0344. The Morgan fingerprint density at radius 1 is 1.24 bits per heavy atom. The van der Waals surface area contributed by atoms with Crippen molar-refractivity contribution in [1.29, 1.82) is 0 Å². The molecule has 1 N–H and O–H groups in total. The van der Waals surface area contributed by atoms with E-state index in [4.69, 9.17) is 4.74 Å². The van der Waals surface area contributed by atoms with Crippen molar-refractivity contribution in [3.8, 4) is 5.75 Å². The van der Waals surface area contributed by atoms with E-state index in [1.165, 1.54) is 13.2 Å². The van der Waals surface area contributed by atoms with Crippen LogP contribution in [-0.2, 0) is 0 Å². The molecule has 0 aliphatic rings. The number of carbonyl (C=O) groups excluding carboxylic acids is 1. The number of carbonyl (C=O) groups is 1. The van der Waals surface area contributed by atoms with E-state index < -0.39 is 4.92 Å². The maximum atomic E-state index is 12.2. The summed E-state index contributed by atoms with van der Waals surface area (Å²) >= 11 is 0. The quantitative estimate of drug-likeness (QED) is 0.691. The van der Waals surface area contributed by atoms with Gasteiger partial charge >= 0.3 is 0 Å². The number of nitrogens with one attached hydrogen (secondary N) is 1. The van der Waals surface area contributed by atoms with Crippen molar-refractivity contribution >= 4 is 17.3 Å². The minimum Gasteiger partial charge on any atom is -0.496 e. The number of anilines is 1. The number of hydrogen-bond acceptors (Lipinski definition) is 4. The molecule has 0 aromatic heterocycles. The normalized spacial score (nSPS) is 10.0. The van der Waals surface area contributed by atoms with Gasteiger partial charge in [0.05, 0.1) is 17.6 Å². The second-order valence-corrected chi connectivity index (χ2v) is 4.41. The monoisotopic (exact) mass is 286 g/mol. The second kappa shape index (κ2) is 6.04. The molecule has 0 aliphatic heterocycles. The Morgan fingerprint density at radius 3 is 2.62 bits per heavy atom. The summed E-state index contributed by atoms with van der Waals surface area (Å²) in [5, 5.41) is 13.5. The summed E-state index contributed by atoms with van der Waals surface area (Å²) in [4.78, 5) is 22.6. The smallest absolute Gasteiger partial charge is 0.274 e. The van der Waals surface area contributed by atoms with Gasteiger partial charge in [-0.3, -0.25) is 14.9 Å². The van der Waals surface area contributed by atoms with Gasteiger partial charge in [-0.15, -0.1) is 0 Å². The summed E-state index contributed by atoms with van der Waals surface area (Å²) < 4.78 is 5.12. The number of nitro groups is 1. The van der Waals surface area contributed by atoms with Gasteiger partial charge in [0.15, 0.2) is 0 Å². The highest BCUT2D eigenvalue weighted by molar-refractivity contribution is 6.06. The number of nitrogens with zero attached hydrogens (tertiary/aromatic N) is 1. The number of ether oxygens (including phenoxy) is 1. The third-order valence-corrected chi connectivity index (χ3v) is 3.02. The molecular weight excluding hydrogens is 272 g/mol. The van der Waals surface area contributed by atoms with E-state index >= 15 is 0 Å². The van der Waals surface area contributed by atoms with Crippen LogP contribution in [0.4, 0.5) is 11.4 Å². The molecule has 2 aromatic rings. The van der Waals surface area contributed by atoms with E-state index in [9.17, 15) is 14.9 Å². The third kappa shape index (κ3) is 3.17. The molecule has 0 unspecified atom stereocenters. The fourth-order valence-corrected chi connectivity index (χ4v) is 1.91. The Kier molecular flexibility index (Phi) is 4.18. The van der Waals surface area contributed by atoms with Crippen LogP contribution in [0.5, 0.6) is 5.75 Å². The Balaban J connectivity index is 2.28. The number of hydrogen-bond donors (Lipinski definition) is 1. The van der Waals surface area contributed by atoms with Crippen LogP contribution in [0.15, 0.2) is 42.5 Å². The van der Waals surface area contributed by atoms with Crippen molar-refractivity contribution in [2.45, 2.75) is 6.92 Å². The predicted octanol–water partition coefficient (Wildman–Crippen LogP) is 3.16. The predicted molar refractivity (Wildman–Crippen MR) is 78.8 cm³/mol. The third-order valence-electron chi connectivity index (χ3n) is 3.02. The van der Waals surface area contributed by atoms with Crippen molar-refractivity contribution in [3.63, 3.8) is 0 Å². The zero-order valence-electron chi connectivity index (χ0n) is 11.6. The van der Waals surface area contributed by atoms with Gasteiger partial charge in [0, 0.05) is 17.3 Å². The summed E-state index contributed by atoms with van der Waals surface area (Å²) in [5.41, 5.74) is 1.23. The fourth-order valence-electron chi connectivity index (χ4n) is 1.91. The maximum absolute atomic E-state index is 12.2. The summed E-state index contributed by atoms with van der Waals surface area (Å²) in [7, 11) is 1.48. The lowest BCUT2D eigenvalue weighted by atomic mass is 10.1. The molecule has 0 saturated carbocycles. The first-order valence-electron chi connectivity index (χ1n) is 6.22. The van der Waals surface area contributed by atoms with E-state index in [1.807, 2.05) is 0 Å². The van der Waals surface area contributed by atoms with Gasteiger partial charge in [-0.25, -0.2) is 0 Å². The molecule has 0 spiro atoms. The Morgan fingerprint density at radius 2 is 1.95 bits per heavy atom. The molecule has 0 heterocycles. The number of aryl methyl sites for hydroxylation is 1. The van der Waals surface area contributed by atoms with Crippen LogP contribution in [0.25, 0.3) is 0 Å². The van der Waals surface area contributed by atoms with Gasteiger partial charge < -0.3 is 10.1 Å². The van der Waals surface area contributed by atoms with Gasteiger partial charge in [-0.1, -0.05) is 18.2 Å². The fraction of sp³-hybridized carbons (Fsp3) is 0.133. The molecule has 2 rings (SSSR count). The SMILES string of the molecule is COc1ccccc1C(=O)Nc1ccc(C)c([N+](=O)[O-])c1. The first-order valence-corrected chi connectivity index (χ1v) is 6.22. The highest BCUT2D eigenvalue weighted by atomic mass is 16.6. The van der Waals surface area contributed by atoms with E-state index in [0.717, 1.165) is 0 Å². The van der Waals surface area contributed by atoms with Crippen LogP contribution in [0.3, 0.4) is 0 Å². The summed E-state index contributed by atoms with van der Waals surface area (Å²) in [5.74, 6) is 0.0576. The molecule has 2 aromatic carbocycles. The van der Waals surface area contributed by atoms with Crippen LogP contribution in [0.1, 0.15) is 15.9 Å². The summed E-state index contributed by atoms with van der Waals surface area (Å²) in [6.07, 6.45) is 0. The number of benzene rings is 2. The lowest BCUT2D eigenvalue weighted by Gasteiger charge is -2.09. The summed E-state index contributed by atoms with van der Waals surface area (Å²) in [6.45, 7) is 1.64. The van der Waals surface area contributed by atoms with Crippen LogP contribution >= 0.6 is 0 Å². The Hall–Kier alpha value is -2.89. The van der Waals surface area contributed by atoms with E-state index in [2.05, 4.69) is 5.32 Å². The van der Waals surface area contributed by atoms with Gasteiger partial charge in [0.25, 0.3) is 11.6 Å². The standard InChI is InChI=1S/C15H14N2O4/c1-10-7-8-11(9-13(10)17(19)20)16-15(18)12-5-3-4-6-14(12)21-2/h3-9H,1-2H3,(H,16,18). The zero-order valence-corrected chi connectivity index (χ0v) is 11.6. The lowest BCUT2D eigenvalue weighted by Crippen LogP contribution is -2.13. The topological polar surface area (TPSA) is 81.5 Å². The van der Waals surface area contributed by atoms with Gasteiger partial charge in [0.1, 0.15) is 5.75 Å². The summed E-state index contributed by atoms with van der Waals surface area (Å²) in [6, 6.07) is 11.3. The van der Waals surface area contributed by atoms with Crippen LogP contribution in [-0.4, -0.2) is 17.9 Å². The van der Waals surface area contributed by atoms with Gasteiger partial charge in [-0.2, -0.15) is 0 Å². The van der Waals surface area contributed by atoms with Crippen molar-refractivity contribution in [2.24, 2.45) is 0 Å². The molecule has 6 nitrogen and oxygen atoms in total. The van der Waals surface area contributed by atoms with Crippen LogP contribution < -0.4 is 10.1 Å². The van der Waals surface area contributed by atoms with E-state index in [1.54, 1.807) is 43.3 Å². The molecule has 0 fully saturated rings. The Labute approximate surface area is 121 Å². The van der Waals surface area contributed by atoms with Crippen LogP contribution in [0.2, 0.25) is 0 Å². The van der Waals surface area contributed by atoms with Gasteiger partial charge in [0.2, 0.25) is 0 Å². The molecule has 1 amide bonds. The van der Waals surface area contributed by atoms with Crippen molar-refractivity contribution in [3.05, 3.63) is 63.7 Å². The highest BCUT2D eigenvalue weighted by Gasteiger charge is 2.15. The van der Waals surface area contributed by atoms with E-state index in [0.29, 0.717) is 22.6 Å². The average molecular weight is 286 g/mol. The zero-order chi connectivity index (χ0) is 15.4. The van der Waals surface area contributed by atoms with E-state index in [-0.39, 0.29) is 11.6 Å². The Bertz CT molecular complexity index is 698.